The largest absolute Gasteiger partial charge is 0.394 e. The number of amides is 3. The predicted molar refractivity (Wildman–Crippen MR) is 143 cm³/mol. The van der Waals surface area contributed by atoms with E-state index in [1.165, 1.54) is 27.9 Å². The minimum absolute atomic E-state index is 0.0624. The zero-order valence-corrected chi connectivity index (χ0v) is 24.8. The maximum absolute atomic E-state index is 11.5. The summed E-state index contributed by atoms with van der Waals surface area (Å²) in [6.07, 6.45) is -13.2. The highest BCUT2D eigenvalue weighted by Crippen LogP contribution is 2.27. The number of carbonyl (C=O) groups excluding carboxylic acids is 3. The number of aliphatic hydroxyl groups is 8. The number of hydrogen-bond acceptors (Lipinski definition) is 16. The summed E-state index contributed by atoms with van der Waals surface area (Å²) in [5, 5.41) is 85.5. The van der Waals surface area contributed by atoms with Gasteiger partial charge < -0.3 is 80.5 Å². The average molecular weight is 644 g/mol. The maximum atomic E-state index is 11.5. The molecule has 3 rings (SSSR count). The molecule has 3 amide bonds. The SMILES string of the molecule is CC(=O)NC1COC(CO)C(OC2OC(CO)C(O)C(O)C2NC(C)=O)C1O.COC1C(CO)OC(O)C(NC(C)=O)C1O. The molecule has 3 aliphatic heterocycles. The summed E-state index contributed by atoms with van der Waals surface area (Å²) in [6.45, 7) is 2.12. The third kappa shape index (κ3) is 9.69. The molecule has 3 aliphatic rings. The van der Waals surface area contributed by atoms with Crippen LogP contribution in [0.2, 0.25) is 0 Å². The van der Waals surface area contributed by atoms with E-state index < -0.39 is 117 Å². The molecule has 0 aromatic heterocycles. The molecule has 14 unspecified atom stereocenters. The molecule has 11 N–H and O–H groups in total. The summed E-state index contributed by atoms with van der Waals surface area (Å²) in [7, 11) is 1.35. The van der Waals surface area contributed by atoms with Gasteiger partial charge in [0, 0.05) is 27.9 Å². The zero-order valence-electron chi connectivity index (χ0n) is 24.8. The topological polar surface area (TPSA) is 295 Å². The molecule has 0 radical (unpaired) electrons. The Morgan fingerprint density at radius 1 is 0.682 bits per heavy atom. The second kappa shape index (κ2) is 17.5. The van der Waals surface area contributed by atoms with Crippen molar-refractivity contribution in [3.63, 3.8) is 0 Å². The van der Waals surface area contributed by atoms with Gasteiger partial charge in [-0.25, -0.2) is 0 Å². The van der Waals surface area contributed by atoms with Gasteiger partial charge >= 0.3 is 0 Å². The molecule has 0 bridgehead atoms. The quantitative estimate of drug-likeness (QED) is 0.111. The highest BCUT2D eigenvalue weighted by atomic mass is 16.7. The van der Waals surface area contributed by atoms with Crippen LogP contribution in [0.4, 0.5) is 0 Å². The Bertz CT molecular complexity index is 932. The van der Waals surface area contributed by atoms with Crippen LogP contribution >= 0.6 is 0 Å². The van der Waals surface area contributed by atoms with Crippen molar-refractivity contribution in [2.24, 2.45) is 0 Å². The van der Waals surface area contributed by atoms with Crippen molar-refractivity contribution in [2.75, 3.05) is 33.5 Å². The van der Waals surface area contributed by atoms with Gasteiger partial charge in [0.25, 0.3) is 0 Å². The van der Waals surface area contributed by atoms with Crippen LogP contribution in [0.3, 0.4) is 0 Å². The van der Waals surface area contributed by atoms with Gasteiger partial charge in [-0.2, -0.15) is 0 Å². The van der Waals surface area contributed by atoms with Crippen molar-refractivity contribution in [3.05, 3.63) is 0 Å². The molecule has 0 saturated carbocycles. The van der Waals surface area contributed by atoms with E-state index in [-0.39, 0.29) is 13.2 Å². The van der Waals surface area contributed by atoms with Crippen molar-refractivity contribution in [2.45, 2.75) is 106 Å². The lowest BCUT2D eigenvalue weighted by Gasteiger charge is -2.46. The van der Waals surface area contributed by atoms with Crippen LogP contribution in [0.25, 0.3) is 0 Å². The minimum Gasteiger partial charge on any atom is -0.394 e. The number of carbonyl (C=O) groups is 3. The summed E-state index contributed by atoms with van der Waals surface area (Å²) in [5.41, 5.74) is 0. The summed E-state index contributed by atoms with van der Waals surface area (Å²) >= 11 is 0. The molecule has 0 aromatic carbocycles. The van der Waals surface area contributed by atoms with Gasteiger partial charge in [-0.15, -0.1) is 0 Å². The van der Waals surface area contributed by atoms with E-state index in [1.807, 2.05) is 0 Å². The molecule has 19 heteroatoms. The summed E-state index contributed by atoms with van der Waals surface area (Å²) in [6, 6.07) is -3.01. The molecule has 19 nitrogen and oxygen atoms in total. The Hall–Kier alpha value is -2.11. The van der Waals surface area contributed by atoms with Crippen LogP contribution < -0.4 is 16.0 Å². The molecule has 0 aromatic rings. The summed E-state index contributed by atoms with van der Waals surface area (Å²) in [4.78, 5) is 33.7. The second-order valence-electron chi connectivity index (χ2n) is 10.6. The molecule has 44 heavy (non-hydrogen) atoms. The van der Waals surface area contributed by atoms with E-state index in [4.69, 9.17) is 28.8 Å². The van der Waals surface area contributed by atoms with Crippen molar-refractivity contribution in [3.8, 4) is 0 Å². The normalized spacial score (nSPS) is 40.6. The van der Waals surface area contributed by atoms with Crippen molar-refractivity contribution < 1.29 is 78.9 Å². The fraction of sp³-hybridized carbons (Fsp3) is 0.880. The van der Waals surface area contributed by atoms with Crippen LogP contribution in [0.1, 0.15) is 20.8 Å². The molecular formula is C25H45N3O16. The molecular weight excluding hydrogens is 598 g/mol. The van der Waals surface area contributed by atoms with Gasteiger partial charge in [0.15, 0.2) is 12.6 Å². The van der Waals surface area contributed by atoms with Crippen LogP contribution in [-0.2, 0) is 38.1 Å². The first kappa shape index (κ1) is 38.1. The van der Waals surface area contributed by atoms with Gasteiger partial charge in [0.1, 0.15) is 67.0 Å². The summed E-state index contributed by atoms with van der Waals surface area (Å²) < 4.78 is 26.6. The molecule has 0 aliphatic carbocycles. The molecule has 3 heterocycles. The lowest BCUT2D eigenvalue weighted by molar-refractivity contribution is -0.309. The highest BCUT2D eigenvalue weighted by Gasteiger charge is 2.49. The Morgan fingerprint density at radius 3 is 1.73 bits per heavy atom. The first-order valence-electron chi connectivity index (χ1n) is 13.9. The van der Waals surface area contributed by atoms with Crippen LogP contribution in [0.5, 0.6) is 0 Å². The van der Waals surface area contributed by atoms with Gasteiger partial charge in [0.05, 0.1) is 32.5 Å². The highest BCUT2D eigenvalue weighted by molar-refractivity contribution is 5.74. The van der Waals surface area contributed by atoms with Crippen LogP contribution in [0.15, 0.2) is 0 Å². The van der Waals surface area contributed by atoms with E-state index in [0.29, 0.717) is 0 Å². The molecule has 0 spiro atoms. The first-order chi connectivity index (χ1) is 20.7. The number of aliphatic hydroxyl groups excluding tert-OH is 8. The second-order valence-corrected chi connectivity index (χ2v) is 10.6. The number of hydrogen-bond donors (Lipinski definition) is 11. The van der Waals surface area contributed by atoms with Crippen molar-refractivity contribution in [1.29, 1.82) is 0 Å². The third-order valence-corrected chi connectivity index (χ3v) is 7.23. The molecule has 3 fully saturated rings. The molecule has 256 valence electrons. The maximum Gasteiger partial charge on any atom is 0.217 e. The minimum atomic E-state index is -1.53. The van der Waals surface area contributed by atoms with E-state index in [2.05, 4.69) is 16.0 Å². The Labute approximate surface area is 253 Å². The zero-order chi connectivity index (χ0) is 33.3. The Balaban J connectivity index is 0.000000358. The van der Waals surface area contributed by atoms with Crippen LogP contribution in [-0.4, -0.2) is 178 Å². The van der Waals surface area contributed by atoms with Gasteiger partial charge in [-0.3, -0.25) is 14.4 Å². The molecule has 3 saturated heterocycles. The lowest BCUT2D eigenvalue weighted by atomic mass is 9.95. The number of methoxy groups -OCH3 is 1. The van der Waals surface area contributed by atoms with E-state index in [0.717, 1.165) is 0 Å². The lowest BCUT2D eigenvalue weighted by Crippen LogP contribution is -2.67. The first-order valence-corrected chi connectivity index (χ1v) is 13.9. The van der Waals surface area contributed by atoms with Gasteiger partial charge in [-0.05, 0) is 0 Å². The fourth-order valence-electron chi connectivity index (χ4n) is 5.09. The number of rotatable bonds is 9. The van der Waals surface area contributed by atoms with Crippen molar-refractivity contribution in [1.82, 2.24) is 16.0 Å². The fourth-order valence-corrected chi connectivity index (χ4v) is 5.09. The summed E-state index contributed by atoms with van der Waals surface area (Å²) in [5.74, 6) is -1.34. The van der Waals surface area contributed by atoms with Gasteiger partial charge in [0.2, 0.25) is 17.7 Å². The van der Waals surface area contributed by atoms with E-state index in [1.54, 1.807) is 0 Å². The Morgan fingerprint density at radius 2 is 1.23 bits per heavy atom. The smallest absolute Gasteiger partial charge is 0.217 e. The van der Waals surface area contributed by atoms with Gasteiger partial charge in [-0.1, -0.05) is 0 Å². The van der Waals surface area contributed by atoms with Crippen molar-refractivity contribution >= 4 is 17.7 Å². The Kier molecular flexibility index (Phi) is 15.2. The third-order valence-electron chi connectivity index (χ3n) is 7.23. The van der Waals surface area contributed by atoms with E-state index >= 15 is 0 Å². The monoisotopic (exact) mass is 643 g/mol. The number of ether oxygens (including phenoxy) is 5. The van der Waals surface area contributed by atoms with Crippen LogP contribution in [0, 0.1) is 0 Å². The number of nitrogens with one attached hydrogen (secondary N) is 3. The van der Waals surface area contributed by atoms with E-state index in [9.17, 15) is 50.1 Å². The average Bonchev–Trinajstić information content (AvgIpc) is 2.96. The molecule has 14 atom stereocenters. The predicted octanol–water partition coefficient (Wildman–Crippen LogP) is -6.85. The standard InChI is InChI=1S/C16H28N2O10.C9H17NO6/c1-6(21)17-8-5-26-10(4-20)15(12(8)23)28-16-11(18-7(2)22)14(25)13(24)9(3-19)27-16;1-4(12)10-6-7(13)8(15-2)5(3-11)16-9(6)14/h8-16,19-20,23-25H,3-5H2,1-2H3,(H,17,21)(H,18,22);5-9,11,13-14H,3H2,1-2H3,(H,10,12).